The summed E-state index contributed by atoms with van der Waals surface area (Å²) in [5.41, 5.74) is 0. The molecule has 5 nitrogen and oxygen atoms in total. The highest BCUT2D eigenvalue weighted by atomic mass is 127. The lowest BCUT2D eigenvalue weighted by Crippen LogP contribution is -2.50. The Hall–Kier alpha value is -0.0800. The Labute approximate surface area is 160 Å². The number of likely N-dealkylation sites (tertiary alicyclic amines) is 1. The van der Waals surface area contributed by atoms with Gasteiger partial charge in [0.05, 0.1) is 6.61 Å². The molecule has 1 unspecified atom stereocenters. The highest BCUT2D eigenvalue weighted by Gasteiger charge is 2.22. The topological polar surface area (TPSA) is 48.9 Å². The second kappa shape index (κ2) is 14.3. The third kappa shape index (κ3) is 9.72. The molecule has 1 aliphatic rings. The van der Waals surface area contributed by atoms with Crippen molar-refractivity contribution in [3.63, 3.8) is 0 Å². The summed E-state index contributed by atoms with van der Waals surface area (Å²) in [6, 6.07) is 0.573. The number of nitrogens with zero attached hydrogens (tertiary/aromatic N) is 2. The summed E-state index contributed by atoms with van der Waals surface area (Å²) in [6.45, 7) is 12.4. The minimum Gasteiger partial charge on any atom is -0.380 e. The molecule has 0 amide bonds. The molecule has 0 radical (unpaired) electrons. The molecule has 2 N–H and O–H groups in total. The molecule has 1 rings (SSSR count). The number of rotatable bonds is 8. The second-order valence-electron chi connectivity index (χ2n) is 6.34. The van der Waals surface area contributed by atoms with E-state index in [-0.39, 0.29) is 24.0 Å². The first-order valence-electron chi connectivity index (χ1n) is 8.95. The van der Waals surface area contributed by atoms with E-state index in [1.165, 1.54) is 38.8 Å². The molecule has 1 aliphatic heterocycles. The van der Waals surface area contributed by atoms with Crippen LogP contribution in [0, 0.1) is 5.92 Å². The molecular formula is C17H37IN4O. The lowest BCUT2D eigenvalue weighted by molar-refractivity contribution is 0.151. The van der Waals surface area contributed by atoms with Gasteiger partial charge in [-0.3, -0.25) is 9.89 Å². The van der Waals surface area contributed by atoms with Crippen molar-refractivity contribution in [2.24, 2.45) is 10.9 Å². The Morgan fingerprint density at radius 3 is 2.30 bits per heavy atom. The van der Waals surface area contributed by atoms with Crippen LogP contribution < -0.4 is 10.6 Å². The van der Waals surface area contributed by atoms with E-state index in [4.69, 9.17) is 4.74 Å². The number of hydrogen-bond acceptors (Lipinski definition) is 3. The maximum Gasteiger partial charge on any atom is 0.191 e. The van der Waals surface area contributed by atoms with Crippen LogP contribution >= 0.6 is 24.0 Å². The Bertz CT molecular complexity index is 305. The zero-order valence-corrected chi connectivity index (χ0v) is 17.8. The van der Waals surface area contributed by atoms with Crippen LogP contribution in [0.4, 0.5) is 0 Å². The Morgan fingerprint density at radius 2 is 1.78 bits per heavy atom. The van der Waals surface area contributed by atoms with E-state index in [2.05, 4.69) is 34.4 Å². The lowest BCUT2D eigenvalue weighted by Gasteiger charge is -2.34. The van der Waals surface area contributed by atoms with Crippen molar-refractivity contribution in [1.82, 2.24) is 15.5 Å². The van der Waals surface area contributed by atoms with Crippen LogP contribution in [0.3, 0.4) is 0 Å². The van der Waals surface area contributed by atoms with E-state index in [1.54, 1.807) is 0 Å². The molecular weight excluding hydrogens is 403 g/mol. The molecule has 1 atom stereocenters. The largest absolute Gasteiger partial charge is 0.380 e. The van der Waals surface area contributed by atoms with Gasteiger partial charge in [0.25, 0.3) is 0 Å². The number of aliphatic imine (C=N–C) groups is 1. The first kappa shape index (κ1) is 22.9. The third-order valence-electron chi connectivity index (χ3n) is 4.32. The molecule has 23 heavy (non-hydrogen) atoms. The fraction of sp³-hybridized carbons (Fsp3) is 0.941. The fourth-order valence-electron chi connectivity index (χ4n) is 3.02. The van der Waals surface area contributed by atoms with Gasteiger partial charge in [-0.05, 0) is 38.8 Å². The summed E-state index contributed by atoms with van der Waals surface area (Å²) in [5.74, 6) is 1.52. The molecule has 6 heteroatoms. The summed E-state index contributed by atoms with van der Waals surface area (Å²) < 4.78 is 5.35. The van der Waals surface area contributed by atoms with Gasteiger partial charge in [0.1, 0.15) is 0 Å². The Morgan fingerprint density at radius 1 is 1.13 bits per heavy atom. The molecule has 0 aromatic carbocycles. The predicted molar refractivity (Wildman–Crippen MR) is 110 cm³/mol. The third-order valence-corrected chi connectivity index (χ3v) is 4.32. The SMILES string of the molecule is CCOCCNC(=NC)NCC(C(C)C)N1CCCCCC1.I. The van der Waals surface area contributed by atoms with E-state index in [0.717, 1.165) is 32.3 Å². The van der Waals surface area contributed by atoms with E-state index in [9.17, 15) is 0 Å². The first-order chi connectivity index (χ1) is 10.7. The highest BCUT2D eigenvalue weighted by molar-refractivity contribution is 14.0. The molecule has 1 saturated heterocycles. The smallest absolute Gasteiger partial charge is 0.191 e. The van der Waals surface area contributed by atoms with Crippen LogP contribution in [0.5, 0.6) is 0 Å². The van der Waals surface area contributed by atoms with Crippen LogP contribution in [0.2, 0.25) is 0 Å². The Kier molecular flexibility index (Phi) is 14.2. The van der Waals surface area contributed by atoms with Crippen molar-refractivity contribution in [1.29, 1.82) is 0 Å². The zero-order chi connectivity index (χ0) is 16.2. The monoisotopic (exact) mass is 440 g/mol. The summed E-state index contributed by atoms with van der Waals surface area (Å²) in [6.07, 6.45) is 5.44. The number of nitrogens with one attached hydrogen (secondary N) is 2. The zero-order valence-electron chi connectivity index (χ0n) is 15.4. The van der Waals surface area contributed by atoms with Crippen molar-refractivity contribution in [3.05, 3.63) is 0 Å². The van der Waals surface area contributed by atoms with Crippen LogP contribution in [0.15, 0.2) is 4.99 Å². The van der Waals surface area contributed by atoms with Crippen molar-refractivity contribution < 1.29 is 4.74 Å². The molecule has 138 valence electrons. The standard InChI is InChI=1S/C17H36N4O.HI/c1-5-22-13-10-19-17(18-4)20-14-16(15(2)3)21-11-8-6-7-9-12-21;/h15-16H,5-14H2,1-4H3,(H2,18,19,20);1H. The number of guanidine groups is 1. The number of hydrogen-bond donors (Lipinski definition) is 2. The Balaban J connectivity index is 0.00000484. The van der Waals surface area contributed by atoms with E-state index >= 15 is 0 Å². The van der Waals surface area contributed by atoms with Gasteiger partial charge < -0.3 is 15.4 Å². The highest BCUT2D eigenvalue weighted by Crippen LogP contribution is 2.16. The molecule has 1 heterocycles. The fourth-order valence-corrected chi connectivity index (χ4v) is 3.02. The molecule has 1 fully saturated rings. The van der Waals surface area contributed by atoms with Crippen LogP contribution in [-0.2, 0) is 4.74 Å². The van der Waals surface area contributed by atoms with Gasteiger partial charge in [-0.1, -0.05) is 26.7 Å². The molecule has 0 aromatic rings. The van der Waals surface area contributed by atoms with Gasteiger partial charge in [0.2, 0.25) is 0 Å². The predicted octanol–water partition coefficient (Wildman–Crippen LogP) is 2.71. The van der Waals surface area contributed by atoms with Crippen molar-refractivity contribution in [2.45, 2.75) is 52.5 Å². The van der Waals surface area contributed by atoms with Gasteiger partial charge in [-0.25, -0.2) is 0 Å². The minimum atomic E-state index is 0. The van der Waals surface area contributed by atoms with E-state index < -0.39 is 0 Å². The van der Waals surface area contributed by atoms with Gasteiger partial charge in [0.15, 0.2) is 5.96 Å². The average Bonchev–Trinajstić information content (AvgIpc) is 2.78. The van der Waals surface area contributed by atoms with Crippen LogP contribution in [0.25, 0.3) is 0 Å². The van der Waals surface area contributed by atoms with Crippen LogP contribution in [0.1, 0.15) is 46.5 Å². The normalized spacial score (nSPS) is 18.2. The van der Waals surface area contributed by atoms with Gasteiger partial charge in [0, 0.05) is 32.8 Å². The quantitative estimate of drug-likeness (QED) is 0.264. The van der Waals surface area contributed by atoms with Crippen molar-refractivity contribution in [2.75, 3.05) is 46.4 Å². The lowest BCUT2D eigenvalue weighted by atomic mass is 10.0. The molecule has 0 bridgehead atoms. The van der Waals surface area contributed by atoms with Gasteiger partial charge in [-0.2, -0.15) is 0 Å². The molecule has 0 aliphatic carbocycles. The summed E-state index contributed by atoms with van der Waals surface area (Å²) in [5, 5.41) is 6.80. The van der Waals surface area contributed by atoms with Gasteiger partial charge in [-0.15, -0.1) is 24.0 Å². The maximum atomic E-state index is 5.35. The molecule has 0 aromatic heterocycles. The van der Waals surface area contributed by atoms with Gasteiger partial charge >= 0.3 is 0 Å². The number of halogens is 1. The average molecular weight is 440 g/mol. The molecule has 0 spiro atoms. The van der Waals surface area contributed by atoms with Crippen molar-refractivity contribution >= 4 is 29.9 Å². The van der Waals surface area contributed by atoms with Crippen LogP contribution in [-0.4, -0.2) is 63.3 Å². The maximum absolute atomic E-state index is 5.35. The van der Waals surface area contributed by atoms with Crippen molar-refractivity contribution in [3.8, 4) is 0 Å². The summed E-state index contributed by atoms with van der Waals surface area (Å²) in [7, 11) is 1.83. The van der Waals surface area contributed by atoms with E-state index in [0.29, 0.717) is 12.0 Å². The first-order valence-corrected chi connectivity index (χ1v) is 8.95. The number of ether oxygens (including phenoxy) is 1. The second-order valence-corrected chi connectivity index (χ2v) is 6.34. The van der Waals surface area contributed by atoms with E-state index in [1.807, 2.05) is 14.0 Å². The molecule has 0 saturated carbocycles. The summed E-state index contributed by atoms with van der Waals surface area (Å²) in [4.78, 5) is 6.97. The minimum absolute atomic E-state index is 0. The summed E-state index contributed by atoms with van der Waals surface area (Å²) >= 11 is 0.